The number of pyridine rings is 1. The normalized spacial score (nSPS) is 13.6. The Kier molecular flexibility index (Phi) is 5.32. The molecule has 1 aromatic heterocycles. The summed E-state index contributed by atoms with van der Waals surface area (Å²) in [5, 5.41) is 8.86. The summed E-state index contributed by atoms with van der Waals surface area (Å²) < 4.78 is 26.2. The van der Waals surface area contributed by atoms with Crippen LogP contribution in [-0.2, 0) is 10.0 Å². The van der Waals surface area contributed by atoms with Gasteiger partial charge in [0.05, 0.1) is 5.02 Å². The number of nitrogens with one attached hydrogen (secondary N) is 1. The summed E-state index contributed by atoms with van der Waals surface area (Å²) in [6.45, 7) is 2.15. The molecule has 0 aliphatic rings. The van der Waals surface area contributed by atoms with Crippen molar-refractivity contribution in [2.45, 2.75) is 18.2 Å². The third-order valence-corrected chi connectivity index (χ3v) is 4.16. The van der Waals surface area contributed by atoms with E-state index >= 15 is 0 Å². The first kappa shape index (κ1) is 14.4. The van der Waals surface area contributed by atoms with Crippen molar-refractivity contribution >= 4 is 21.6 Å². The SMILES string of the molecule is CC(CCO)CNS(=O)(=O)c1cnccc1Cl. The molecule has 1 aromatic rings. The van der Waals surface area contributed by atoms with Crippen LogP contribution in [0.5, 0.6) is 0 Å². The number of hydrogen-bond acceptors (Lipinski definition) is 4. The van der Waals surface area contributed by atoms with Crippen LogP contribution in [-0.4, -0.2) is 31.7 Å². The number of nitrogens with zero attached hydrogens (tertiary/aromatic N) is 1. The second-order valence-electron chi connectivity index (χ2n) is 3.78. The molecule has 0 spiro atoms. The molecule has 0 fully saturated rings. The van der Waals surface area contributed by atoms with Crippen LogP contribution >= 0.6 is 11.6 Å². The third-order valence-electron chi connectivity index (χ3n) is 2.27. The Morgan fingerprint density at radius 1 is 1.59 bits per heavy atom. The molecule has 0 aliphatic carbocycles. The van der Waals surface area contributed by atoms with Crippen molar-refractivity contribution in [3.8, 4) is 0 Å². The molecule has 96 valence electrons. The lowest BCUT2D eigenvalue weighted by molar-refractivity contribution is 0.263. The molecular weight excluding hydrogens is 264 g/mol. The monoisotopic (exact) mass is 278 g/mol. The van der Waals surface area contributed by atoms with E-state index in [0.717, 1.165) is 0 Å². The summed E-state index contributed by atoms with van der Waals surface area (Å²) in [6.07, 6.45) is 3.18. The van der Waals surface area contributed by atoms with E-state index in [0.29, 0.717) is 6.42 Å². The summed E-state index contributed by atoms with van der Waals surface area (Å²) in [7, 11) is -3.63. The van der Waals surface area contributed by atoms with Crippen LogP contribution < -0.4 is 4.72 Å². The van der Waals surface area contributed by atoms with Crippen molar-refractivity contribution < 1.29 is 13.5 Å². The van der Waals surface area contributed by atoms with Crippen LogP contribution in [0.2, 0.25) is 5.02 Å². The summed E-state index contributed by atoms with van der Waals surface area (Å²) in [5.74, 6) is 0.0604. The molecule has 0 aromatic carbocycles. The van der Waals surface area contributed by atoms with Gasteiger partial charge in [0, 0.05) is 25.5 Å². The highest BCUT2D eigenvalue weighted by Crippen LogP contribution is 2.19. The molecule has 1 heterocycles. The molecule has 0 amide bonds. The predicted octanol–water partition coefficient (Wildman–Crippen LogP) is 1.03. The van der Waals surface area contributed by atoms with E-state index < -0.39 is 10.0 Å². The third kappa shape index (κ3) is 4.23. The number of aliphatic hydroxyl groups excluding tert-OH is 1. The zero-order chi connectivity index (χ0) is 12.9. The fraction of sp³-hybridized carbons (Fsp3) is 0.500. The van der Waals surface area contributed by atoms with Gasteiger partial charge < -0.3 is 5.11 Å². The largest absolute Gasteiger partial charge is 0.396 e. The topological polar surface area (TPSA) is 79.3 Å². The Hall–Kier alpha value is -0.690. The van der Waals surface area contributed by atoms with Crippen LogP contribution in [0.1, 0.15) is 13.3 Å². The summed E-state index contributed by atoms with van der Waals surface area (Å²) in [5.41, 5.74) is 0. The van der Waals surface area contributed by atoms with Crippen molar-refractivity contribution in [1.82, 2.24) is 9.71 Å². The fourth-order valence-electron chi connectivity index (χ4n) is 1.21. The molecule has 0 radical (unpaired) electrons. The first-order chi connectivity index (χ1) is 7.97. The molecule has 1 atom stereocenters. The van der Waals surface area contributed by atoms with E-state index in [4.69, 9.17) is 16.7 Å². The summed E-state index contributed by atoms with van der Waals surface area (Å²) in [4.78, 5) is 3.70. The lowest BCUT2D eigenvalue weighted by atomic mass is 10.1. The van der Waals surface area contributed by atoms with Crippen molar-refractivity contribution in [3.05, 3.63) is 23.5 Å². The standard InChI is InChI=1S/C10H15ClN2O3S/c1-8(3-5-14)6-13-17(15,16)10-7-12-4-2-9(10)11/h2,4,7-8,13-14H,3,5-6H2,1H3. The van der Waals surface area contributed by atoms with Gasteiger partial charge in [-0.1, -0.05) is 18.5 Å². The van der Waals surface area contributed by atoms with Gasteiger partial charge in [-0.3, -0.25) is 4.98 Å². The summed E-state index contributed by atoms with van der Waals surface area (Å²) in [6, 6.07) is 1.42. The average Bonchev–Trinajstić information content (AvgIpc) is 2.27. The first-order valence-electron chi connectivity index (χ1n) is 5.17. The second-order valence-corrected chi connectivity index (χ2v) is 5.92. The van der Waals surface area contributed by atoms with Gasteiger partial charge in [0.1, 0.15) is 4.90 Å². The second kappa shape index (κ2) is 6.30. The van der Waals surface area contributed by atoms with E-state index in [1.54, 1.807) is 0 Å². The first-order valence-corrected chi connectivity index (χ1v) is 7.03. The van der Waals surface area contributed by atoms with Crippen LogP contribution in [0.25, 0.3) is 0 Å². The molecular formula is C10H15ClN2O3S. The van der Waals surface area contributed by atoms with E-state index in [9.17, 15) is 8.42 Å². The molecule has 7 heteroatoms. The highest BCUT2D eigenvalue weighted by atomic mass is 35.5. The number of aliphatic hydroxyl groups is 1. The molecule has 0 bridgehead atoms. The average molecular weight is 279 g/mol. The highest BCUT2D eigenvalue weighted by Gasteiger charge is 2.18. The number of sulfonamides is 1. The van der Waals surface area contributed by atoms with Gasteiger partial charge in [-0.15, -0.1) is 0 Å². The molecule has 0 aliphatic heterocycles. The van der Waals surface area contributed by atoms with E-state index in [-0.39, 0.29) is 29.0 Å². The van der Waals surface area contributed by atoms with Crippen LogP contribution in [0, 0.1) is 5.92 Å². The molecule has 17 heavy (non-hydrogen) atoms. The van der Waals surface area contributed by atoms with Gasteiger partial charge >= 0.3 is 0 Å². The Morgan fingerprint density at radius 3 is 2.88 bits per heavy atom. The Bertz CT molecular complexity index is 464. The van der Waals surface area contributed by atoms with Crippen LogP contribution in [0.15, 0.2) is 23.4 Å². The number of rotatable bonds is 6. The zero-order valence-electron chi connectivity index (χ0n) is 9.43. The minimum atomic E-state index is -3.63. The van der Waals surface area contributed by atoms with Gasteiger partial charge in [0.25, 0.3) is 0 Å². The van der Waals surface area contributed by atoms with Crippen molar-refractivity contribution in [2.75, 3.05) is 13.2 Å². The maximum absolute atomic E-state index is 11.9. The van der Waals surface area contributed by atoms with Crippen molar-refractivity contribution in [2.24, 2.45) is 5.92 Å². The Morgan fingerprint density at radius 2 is 2.29 bits per heavy atom. The van der Waals surface area contributed by atoms with E-state index in [1.165, 1.54) is 18.5 Å². The minimum absolute atomic E-state index is 0.0298. The van der Waals surface area contributed by atoms with Crippen LogP contribution in [0.4, 0.5) is 0 Å². The molecule has 2 N–H and O–H groups in total. The maximum atomic E-state index is 11.9. The maximum Gasteiger partial charge on any atom is 0.243 e. The number of aromatic nitrogens is 1. The van der Waals surface area contributed by atoms with Gasteiger partial charge in [-0.05, 0) is 18.4 Å². The van der Waals surface area contributed by atoms with Crippen molar-refractivity contribution in [3.63, 3.8) is 0 Å². The van der Waals surface area contributed by atoms with Crippen LogP contribution in [0.3, 0.4) is 0 Å². The molecule has 0 saturated carbocycles. The molecule has 0 saturated heterocycles. The van der Waals surface area contributed by atoms with Gasteiger partial charge in [-0.2, -0.15) is 0 Å². The lowest BCUT2D eigenvalue weighted by Gasteiger charge is -2.12. The molecule has 1 unspecified atom stereocenters. The summed E-state index contributed by atoms with van der Waals surface area (Å²) >= 11 is 5.79. The smallest absolute Gasteiger partial charge is 0.243 e. The van der Waals surface area contributed by atoms with Crippen molar-refractivity contribution in [1.29, 1.82) is 0 Å². The van der Waals surface area contributed by atoms with E-state index in [1.807, 2.05) is 6.92 Å². The molecule has 5 nitrogen and oxygen atoms in total. The van der Waals surface area contributed by atoms with E-state index in [2.05, 4.69) is 9.71 Å². The Labute approximate surface area is 106 Å². The highest BCUT2D eigenvalue weighted by molar-refractivity contribution is 7.89. The van der Waals surface area contributed by atoms with Gasteiger partial charge in [-0.25, -0.2) is 13.1 Å². The van der Waals surface area contributed by atoms with Gasteiger partial charge in [0.15, 0.2) is 0 Å². The van der Waals surface area contributed by atoms with Gasteiger partial charge in [0.2, 0.25) is 10.0 Å². The molecule has 1 rings (SSSR count). The fourth-order valence-corrected chi connectivity index (χ4v) is 2.81. The Balaban J connectivity index is 2.73. The lowest BCUT2D eigenvalue weighted by Crippen LogP contribution is -2.29. The number of halogens is 1. The number of hydrogen-bond donors (Lipinski definition) is 2. The minimum Gasteiger partial charge on any atom is -0.396 e. The predicted molar refractivity (Wildman–Crippen MR) is 65.3 cm³/mol. The quantitative estimate of drug-likeness (QED) is 0.815. The zero-order valence-corrected chi connectivity index (χ0v) is 11.0.